The van der Waals surface area contributed by atoms with Crippen LogP contribution in [0.5, 0.6) is 0 Å². The summed E-state index contributed by atoms with van der Waals surface area (Å²) in [7, 11) is 1.95. The van der Waals surface area contributed by atoms with E-state index in [0.29, 0.717) is 5.92 Å². The molecule has 1 fully saturated rings. The Balaban J connectivity index is 1.37. The zero-order valence-corrected chi connectivity index (χ0v) is 14.9. The molecule has 0 radical (unpaired) electrons. The van der Waals surface area contributed by atoms with Crippen molar-refractivity contribution in [3.63, 3.8) is 0 Å². The Morgan fingerprint density at radius 3 is 2.76 bits per heavy atom. The number of fused-ring (bicyclic) bond motifs is 1. The summed E-state index contributed by atoms with van der Waals surface area (Å²) >= 11 is 0. The molecule has 1 atom stereocenters. The maximum atomic E-state index is 12.8. The third-order valence-corrected chi connectivity index (χ3v) is 5.63. The van der Waals surface area contributed by atoms with Crippen molar-refractivity contribution in [2.75, 3.05) is 31.6 Å². The summed E-state index contributed by atoms with van der Waals surface area (Å²) in [6.07, 6.45) is 4.66. The van der Waals surface area contributed by atoms with Crippen LogP contribution >= 0.6 is 0 Å². The molecule has 1 amide bonds. The molecule has 1 aliphatic heterocycles. The van der Waals surface area contributed by atoms with Gasteiger partial charge in [0.1, 0.15) is 0 Å². The molecular formula is C22H26N2O. The number of carbonyl (C=O) groups is 1. The van der Waals surface area contributed by atoms with Crippen LogP contribution in [-0.4, -0.2) is 37.5 Å². The quantitative estimate of drug-likeness (QED) is 0.850. The van der Waals surface area contributed by atoms with Gasteiger partial charge in [0, 0.05) is 37.9 Å². The highest BCUT2D eigenvalue weighted by Crippen LogP contribution is 2.26. The number of carbonyl (C=O) groups excluding carboxylic acids is 1. The summed E-state index contributed by atoms with van der Waals surface area (Å²) in [5.41, 5.74) is 4.93. The van der Waals surface area contributed by atoms with Crippen LogP contribution in [0.15, 0.2) is 48.5 Å². The van der Waals surface area contributed by atoms with Gasteiger partial charge in [-0.05, 0) is 67.0 Å². The average molecular weight is 334 g/mol. The Morgan fingerprint density at radius 1 is 1.12 bits per heavy atom. The van der Waals surface area contributed by atoms with Crippen LogP contribution in [0.3, 0.4) is 0 Å². The zero-order chi connectivity index (χ0) is 17.2. The van der Waals surface area contributed by atoms with E-state index in [1.165, 1.54) is 23.2 Å². The molecule has 0 N–H and O–H groups in total. The topological polar surface area (TPSA) is 23.6 Å². The highest BCUT2D eigenvalue weighted by atomic mass is 16.2. The molecule has 0 unspecified atom stereocenters. The lowest BCUT2D eigenvalue weighted by Gasteiger charge is -2.23. The molecule has 3 nitrogen and oxygen atoms in total. The van der Waals surface area contributed by atoms with Crippen molar-refractivity contribution >= 4 is 11.6 Å². The smallest absolute Gasteiger partial charge is 0.253 e. The van der Waals surface area contributed by atoms with E-state index < -0.39 is 0 Å². The monoisotopic (exact) mass is 334 g/mol. The molecule has 1 saturated heterocycles. The standard InChI is InChI=1S/C22H26N2O/c1-23(22(25)20-11-10-18-6-5-7-19(18)14-20)15-17-12-13-24(16-17)21-8-3-2-4-9-21/h2-4,8-11,14,17H,5-7,12-13,15-16H2,1H3/t17-/m0/s1. The number of amides is 1. The minimum absolute atomic E-state index is 0.160. The molecule has 4 rings (SSSR count). The highest BCUT2D eigenvalue weighted by molar-refractivity contribution is 5.94. The number of hydrogen-bond acceptors (Lipinski definition) is 2. The summed E-state index contributed by atoms with van der Waals surface area (Å²) in [4.78, 5) is 17.1. The molecule has 2 aromatic rings. The average Bonchev–Trinajstić information content (AvgIpc) is 3.30. The number of nitrogens with zero attached hydrogens (tertiary/aromatic N) is 2. The fraction of sp³-hybridized carbons (Fsp3) is 0.409. The minimum Gasteiger partial charge on any atom is -0.371 e. The van der Waals surface area contributed by atoms with Gasteiger partial charge < -0.3 is 9.80 Å². The summed E-state index contributed by atoms with van der Waals surface area (Å²) in [6, 6.07) is 16.8. The molecule has 1 heterocycles. The number of aryl methyl sites for hydroxylation is 2. The van der Waals surface area contributed by atoms with Crippen molar-refractivity contribution in [3.8, 4) is 0 Å². The van der Waals surface area contributed by atoms with Crippen LogP contribution < -0.4 is 4.90 Å². The van der Waals surface area contributed by atoms with E-state index in [1.54, 1.807) is 0 Å². The van der Waals surface area contributed by atoms with Gasteiger partial charge in [0.05, 0.1) is 0 Å². The molecule has 130 valence electrons. The van der Waals surface area contributed by atoms with E-state index in [2.05, 4.69) is 47.4 Å². The van der Waals surface area contributed by atoms with Gasteiger partial charge >= 0.3 is 0 Å². The lowest BCUT2D eigenvalue weighted by molar-refractivity contribution is 0.0776. The van der Waals surface area contributed by atoms with Gasteiger partial charge in [-0.3, -0.25) is 4.79 Å². The lowest BCUT2D eigenvalue weighted by atomic mass is 10.0. The van der Waals surface area contributed by atoms with Gasteiger partial charge in [0.15, 0.2) is 0 Å². The predicted octanol–water partition coefficient (Wildman–Crippen LogP) is 3.77. The third-order valence-electron chi connectivity index (χ3n) is 5.63. The summed E-state index contributed by atoms with van der Waals surface area (Å²) < 4.78 is 0. The van der Waals surface area contributed by atoms with Crippen LogP contribution in [-0.2, 0) is 12.8 Å². The predicted molar refractivity (Wildman–Crippen MR) is 102 cm³/mol. The Hall–Kier alpha value is -2.29. The fourth-order valence-electron chi connectivity index (χ4n) is 4.25. The number of benzene rings is 2. The van der Waals surface area contributed by atoms with Gasteiger partial charge in [0.2, 0.25) is 0 Å². The Morgan fingerprint density at radius 2 is 1.92 bits per heavy atom. The van der Waals surface area contributed by atoms with Gasteiger partial charge in [-0.15, -0.1) is 0 Å². The summed E-state index contributed by atoms with van der Waals surface area (Å²) in [6.45, 7) is 2.95. The second-order valence-corrected chi connectivity index (χ2v) is 7.46. The van der Waals surface area contributed by atoms with E-state index in [4.69, 9.17) is 0 Å². The SMILES string of the molecule is CN(C[C@@H]1CCN(c2ccccc2)C1)C(=O)c1ccc2c(c1)CCC2. The van der Waals surface area contributed by atoms with Gasteiger partial charge in [-0.2, -0.15) is 0 Å². The molecular weight excluding hydrogens is 308 g/mol. The van der Waals surface area contributed by atoms with Crippen molar-refractivity contribution < 1.29 is 4.79 Å². The van der Waals surface area contributed by atoms with Gasteiger partial charge in [0.25, 0.3) is 5.91 Å². The van der Waals surface area contributed by atoms with Crippen molar-refractivity contribution in [1.29, 1.82) is 0 Å². The Bertz CT molecular complexity index is 756. The van der Waals surface area contributed by atoms with Crippen molar-refractivity contribution in [2.45, 2.75) is 25.7 Å². The maximum Gasteiger partial charge on any atom is 0.253 e. The first kappa shape index (κ1) is 16.2. The second-order valence-electron chi connectivity index (χ2n) is 7.46. The minimum atomic E-state index is 0.160. The Kier molecular flexibility index (Phi) is 4.48. The normalized spacial score (nSPS) is 19.1. The van der Waals surface area contributed by atoms with Crippen LogP contribution in [0.4, 0.5) is 5.69 Å². The van der Waals surface area contributed by atoms with Gasteiger partial charge in [-0.1, -0.05) is 24.3 Å². The number of hydrogen-bond donors (Lipinski definition) is 0. The van der Waals surface area contributed by atoms with Crippen LogP contribution in [0.1, 0.15) is 34.3 Å². The van der Waals surface area contributed by atoms with Crippen LogP contribution in [0, 0.1) is 5.92 Å². The first-order chi connectivity index (χ1) is 12.2. The lowest BCUT2D eigenvalue weighted by Crippen LogP contribution is -2.33. The van der Waals surface area contributed by atoms with E-state index in [0.717, 1.165) is 44.5 Å². The van der Waals surface area contributed by atoms with Gasteiger partial charge in [-0.25, -0.2) is 0 Å². The van der Waals surface area contributed by atoms with Crippen molar-refractivity contribution in [1.82, 2.24) is 4.90 Å². The maximum absolute atomic E-state index is 12.8. The van der Waals surface area contributed by atoms with E-state index in [-0.39, 0.29) is 5.91 Å². The van der Waals surface area contributed by atoms with Crippen LogP contribution in [0.2, 0.25) is 0 Å². The fourth-order valence-corrected chi connectivity index (χ4v) is 4.25. The largest absolute Gasteiger partial charge is 0.371 e. The molecule has 2 aromatic carbocycles. The van der Waals surface area contributed by atoms with Crippen molar-refractivity contribution in [2.24, 2.45) is 5.92 Å². The molecule has 1 aliphatic carbocycles. The van der Waals surface area contributed by atoms with Crippen molar-refractivity contribution in [3.05, 3.63) is 65.2 Å². The number of para-hydroxylation sites is 1. The Labute approximate surface area is 150 Å². The summed E-state index contributed by atoms with van der Waals surface area (Å²) in [5, 5.41) is 0. The highest BCUT2D eigenvalue weighted by Gasteiger charge is 2.25. The molecule has 2 aliphatic rings. The molecule has 0 bridgehead atoms. The van der Waals surface area contributed by atoms with E-state index >= 15 is 0 Å². The van der Waals surface area contributed by atoms with Crippen LogP contribution in [0.25, 0.3) is 0 Å². The molecule has 0 aromatic heterocycles. The zero-order valence-electron chi connectivity index (χ0n) is 14.9. The second kappa shape index (κ2) is 6.91. The van der Waals surface area contributed by atoms with E-state index in [9.17, 15) is 4.79 Å². The van der Waals surface area contributed by atoms with E-state index in [1.807, 2.05) is 18.0 Å². The molecule has 3 heteroatoms. The molecule has 0 spiro atoms. The number of anilines is 1. The summed E-state index contributed by atoms with van der Waals surface area (Å²) in [5.74, 6) is 0.705. The first-order valence-corrected chi connectivity index (χ1v) is 9.38. The third kappa shape index (κ3) is 3.41. The molecule has 25 heavy (non-hydrogen) atoms. The number of rotatable bonds is 4. The molecule has 0 saturated carbocycles. The first-order valence-electron chi connectivity index (χ1n) is 9.38.